The van der Waals surface area contributed by atoms with Crippen molar-refractivity contribution in [3.05, 3.63) is 35.0 Å². The Morgan fingerprint density at radius 3 is 2.65 bits per heavy atom. The summed E-state index contributed by atoms with van der Waals surface area (Å²) < 4.78 is 2.10. The molecule has 0 aliphatic carbocycles. The normalized spacial score (nSPS) is 13.5. The van der Waals surface area contributed by atoms with Crippen LogP contribution < -0.4 is 5.73 Å². The lowest BCUT2D eigenvalue weighted by molar-refractivity contribution is 0.508. The fraction of sp³-hybridized carbons (Fsp3) is 0.429. The number of hydrogen-bond donors (Lipinski definition) is 1. The van der Waals surface area contributed by atoms with Crippen LogP contribution in [-0.2, 0) is 7.05 Å². The van der Waals surface area contributed by atoms with E-state index in [1.807, 2.05) is 19.2 Å². The highest BCUT2D eigenvalue weighted by molar-refractivity contribution is 6.35. The smallest absolute Gasteiger partial charge is 0.0669 e. The molecular formula is C14H19ClN2. The molecule has 1 aromatic carbocycles. The van der Waals surface area contributed by atoms with Crippen molar-refractivity contribution in [2.45, 2.75) is 19.8 Å². The van der Waals surface area contributed by atoms with E-state index in [2.05, 4.69) is 30.7 Å². The van der Waals surface area contributed by atoms with Crippen LogP contribution in [0.25, 0.3) is 10.9 Å². The third kappa shape index (κ3) is 2.07. The number of nitrogens with zero attached hydrogens (tertiary/aromatic N) is 1. The van der Waals surface area contributed by atoms with Crippen LogP contribution in [0.15, 0.2) is 24.4 Å². The molecule has 0 radical (unpaired) electrons. The molecule has 2 aromatic rings. The molecular weight excluding hydrogens is 232 g/mol. The van der Waals surface area contributed by atoms with Gasteiger partial charge in [-0.25, -0.2) is 0 Å². The van der Waals surface area contributed by atoms with Crippen LogP contribution in [0.1, 0.15) is 25.3 Å². The van der Waals surface area contributed by atoms with E-state index in [9.17, 15) is 0 Å². The minimum atomic E-state index is 0.386. The number of para-hydroxylation sites is 1. The summed E-state index contributed by atoms with van der Waals surface area (Å²) in [7, 11) is 2.03. The average molecular weight is 251 g/mol. The highest BCUT2D eigenvalue weighted by atomic mass is 35.5. The van der Waals surface area contributed by atoms with Crippen molar-refractivity contribution < 1.29 is 0 Å². The SMILES string of the molecule is CC(C)C(CN)c1cn(C)c2c(Cl)cccc12. The molecule has 1 aromatic heterocycles. The lowest BCUT2D eigenvalue weighted by Gasteiger charge is -2.18. The van der Waals surface area contributed by atoms with Crippen molar-refractivity contribution in [1.29, 1.82) is 0 Å². The molecule has 0 spiro atoms. The van der Waals surface area contributed by atoms with Gasteiger partial charge in [0.15, 0.2) is 0 Å². The van der Waals surface area contributed by atoms with Gasteiger partial charge in [0, 0.05) is 24.5 Å². The molecule has 0 aliphatic heterocycles. The van der Waals surface area contributed by atoms with E-state index in [0.717, 1.165) is 10.5 Å². The summed E-state index contributed by atoms with van der Waals surface area (Å²) in [5.41, 5.74) is 8.31. The summed E-state index contributed by atoms with van der Waals surface area (Å²) in [5.74, 6) is 0.918. The predicted octanol–water partition coefficient (Wildman–Crippen LogP) is 3.53. The van der Waals surface area contributed by atoms with E-state index < -0.39 is 0 Å². The summed E-state index contributed by atoms with van der Waals surface area (Å²) in [4.78, 5) is 0. The fourth-order valence-electron chi connectivity index (χ4n) is 2.50. The van der Waals surface area contributed by atoms with Gasteiger partial charge in [0.2, 0.25) is 0 Å². The zero-order valence-corrected chi connectivity index (χ0v) is 11.3. The predicted molar refractivity (Wildman–Crippen MR) is 74.6 cm³/mol. The number of benzene rings is 1. The lowest BCUT2D eigenvalue weighted by Crippen LogP contribution is -2.17. The Labute approximate surface area is 107 Å². The zero-order chi connectivity index (χ0) is 12.6. The van der Waals surface area contributed by atoms with Gasteiger partial charge in [0.05, 0.1) is 10.5 Å². The molecule has 92 valence electrons. The summed E-state index contributed by atoms with van der Waals surface area (Å²) in [6, 6.07) is 6.06. The quantitative estimate of drug-likeness (QED) is 0.888. The van der Waals surface area contributed by atoms with Crippen LogP contribution in [0.3, 0.4) is 0 Å². The van der Waals surface area contributed by atoms with Gasteiger partial charge < -0.3 is 10.3 Å². The number of fused-ring (bicyclic) bond motifs is 1. The molecule has 0 saturated carbocycles. The van der Waals surface area contributed by atoms with Crippen molar-refractivity contribution in [2.24, 2.45) is 18.7 Å². The monoisotopic (exact) mass is 250 g/mol. The van der Waals surface area contributed by atoms with E-state index in [4.69, 9.17) is 17.3 Å². The van der Waals surface area contributed by atoms with Gasteiger partial charge in [0.25, 0.3) is 0 Å². The summed E-state index contributed by atoms with van der Waals surface area (Å²) >= 11 is 6.25. The van der Waals surface area contributed by atoms with E-state index >= 15 is 0 Å². The largest absolute Gasteiger partial charge is 0.349 e. The molecule has 0 fully saturated rings. The minimum absolute atomic E-state index is 0.386. The number of rotatable bonds is 3. The maximum atomic E-state index is 6.25. The molecule has 1 atom stereocenters. The van der Waals surface area contributed by atoms with Crippen molar-refractivity contribution >= 4 is 22.5 Å². The second-order valence-electron chi connectivity index (χ2n) is 4.92. The molecule has 17 heavy (non-hydrogen) atoms. The topological polar surface area (TPSA) is 30.9 Å². The van der Waals surface area contributed by atoms with Crippen LogP contribution in [0.5, 0.6) is 0 Å². The number of halogens is 1. The molecule has 1 heterocycles. The first kappa shape index (κ1) is 12.5. The summed E-state index contributed by atoms with van der Waals surface area (Å²) in [6.07, 6.45) is 2.16. The Balaban J connectivity index is 2.67. The van der Waals surface area contributed by atoms with E-state index in [0.29, 0.717) is 18.4 Å². The molecule has 2 nitrogen and oxygen atoms in total. The zero-order valence-electron chi connectivity index (χ0n) is 10.6. The molecule has 0 amide bonds. The lowest BCUT2D eigenvalue weighted by atomic mass is 9.88. The van der Waals surface area contributed by atoms with Crippen LogP contribution in [0.4, 0.5) is 0 Å². The molecule has 2 N–H and O–H groups in total. The highest BCUT2D eigenvalue weighted by Crippen LogP contribution is 2.34. The second kappa shape index (κ2) is 4.71. The van der Waals surface area contributed by atoms with Gasteiger partial charge in [-0.2, -0.15) is 0 Å². The van der Waals surface area contributed by atoms with E-state index in [1.54, 1.807) is 0 Å². The molecule has 0 saturated heterocycles. The Kier molecular flexibility index (Phi) is 3.45. The van der Waals surface area contributed by atoms with Crippen LogP contribution in [-0.4, -0.2) is 11.1 Å². The number of nitrogens with two attached hydrogens (primary N) is 1. The van der Waals surface area contributed by atoms with E-state index in [1.165, 1.54) is 10.9 Å². The Hall–Kier alpha value is -0.990. The minimum Gasteiger partial charge on any atom is -0.349 e. The van der Waals surface area contributed by atoms with Crippen molar-refractivity contribution in [2.75, 3.05) is 6.54 Å². The van der Waals surface area contributed by atoms with Gasteiger partial charge in [-0.15, -0.1) is 0 Å². The summed E-state index contributed by atoms with van der Waals surface area (Å²) in [5, 5.41) is 2.03. The van der Waals surface area contributed by atoms with Gasteiger partial charge in [-0.1, -0.05) is 37.6 Å². The number of aryl methyl sites for hydroxylation is 1. The summed E-state index contributed by atoms with van der Waals surface area (Å²) in [6.45, 7) is 5.09. The Morgan fingerprint density at radius 2 is 2.06 bits per heavy atom. The molecule has 0 bridgehead atoms. The van der Waals surface area contributed by atoms with Gasteiger partial charge in [0.1, 0.15) is 0 Å². The fourth-order valence-corrected chi connectivity index (χ4v) is 2.81. The van der Waals surface area contributed by atoms with E-state index in [-0.39, 0.29) is 0 Å². The molecule has 0 aliphatic rings. The van der Waals surface area contributed by atoms with Crippen LogP contribution in [0.2, 0.25) is 5.02 Å². The maximum absolute atomic E-state index is 6.25. The van der Waals surface area contributed by atoms with Crippen LogP contribution >= 0.6 is 11.6 Å². The third-order valence-corrected chi connectivity index (χ3v) is 3.75. The first-order valence-corrected chi connectivity index (χ1v) is 6.37. The molecule has 2 rings (SSSR count). The molecule has 3 heteroatoms. The maximum Gasteiger partial charge on any atom is 0.0669 e. The third-order valence-electron chi connectivity index (χ3n) is 3.44. The number of hydrogen-bond acceptors (Lipinski definition) is 1. The van der Waals surface area contributed by atoms with Crippen molar-refractivity contribution in [3.8, 4) is 0 Å². The molecule has 1 unspecified atom stereocenters. The average Bonchev–Trinajstić information content (AvgIpc) is 2.58. The van der Waals surface area contributed by atoms with Crippen molar-refractivity contribution in [1.82, 2.24) is 4.57 Å². The highest BCUT2D eigenvalue weighted by Gasteiger charge is 2.19. The van der Waals surface area contributed by atoms with Crippen LogP contribution in [0, 0.1) is 5.92 Å². The Morgan fingerprint density at radius 1 is 1.35 bits per heavy atom. The van der Waals surface area contributed by atoms with Gasteiger partial charge in [-0.3, -0.25) is 0 Å². The first-order valence-electron chi connectivity index (χ1n) is 5.99. The Bertz CT molecular complexity index is 528. The first-order chi connectivity index (χ1) is 8.06. The standard InChI is InChI=1S/C14H19ClN2/c1-9(2)11(7-16)12-8-17(3)14-10(12)5-4-6-13(14)15/h4-6,8-9,11H,7,16H2,1-3H3. The number of aromatic nitrogens is 1. The van der Waals surface area contributed by atoms with Gasteiger partial charge in [-0.05, 0) is 24.1 Å². The van der Waals surface area contributed by atoms with Crippen molar-refractivity contribution in [3.63, 3.8) is 0 Å². The van der Waals surface area contributed by atoms with Gasteiger partial charge >= 0.3 is 0 Å². The second-order valence-corrected chi connectivity index (χ2v) is 5.32.